The summed E-state index contributed by atoms with van der Waals surface area (Å²) in [6, 6.07) is 17.2. The number of fused-ring (bicyclic) bond motifs is 1. The Morgan fingerprint density at radius 3 is 2.36 bits per heavy atom. The number of hydrogen-bond acceptors (Lipinski definition) is 9. The number of esters is 1. The van der Waals surface area contributed by atoms with Gasteiger partial charge in [-0.05, 0) is 24.3 Å². The Kier molecular flexibility index (Phi) is 6.67. The van der Waals surface area contributed by atoms with Crippen molar-refractivity contribution in [2.45, 2.75) is 24.5 Å². The van der Waals surface area contributed by atoms with E-state index >= 15 is 0 Å². The van der Waals surface area contributed by atoms with E-state index in [-0.39, 0.29) is 11.7 Å². The average Bonchev–Trinajstić information content (AvgIpc) is 3.51. The molecule has 0 bridgehead atoms. The number of methoxy groups -OCH3 is 1. The minimum atomic E-state index is -0.894. The van der Waals surface area contributed by atoms with E-state index in [0.29, 0.717) is 22.3 Å². The molecule has 0 spiro atoms. The molecule has 1 fully saturated rings. The van der Waals surface area contributed by atoms with Crippen LogP contribution in [-0.2, 0) is 14.2 Å². The highest BCUT2D eigenvalue weighted by Gasteiger charge is 2.48. The van der Waals surface area contributed by atoms with Gasteiger partial charge in [-0.2, -0.15) is 0 Å². The van der Waals surface area contributed by atoms with Crippen LogP contribution in [0.3, 0.4) is 0 Å². The Hall–Kier alpha value is -4.19. The van der Waals surface area contributed by atoms with Crippen molar-refractivity contribution >= 4 is 28.9 Å². The lowest BCUT2D eigenvalue weighted by Crippen LogP contribution is -2.39. The molecule has 1 aliphatic heterocycles. The van der Waals surface area contributed by atoms with E-state index < -0.39 is 37.1 Å². The van der Waals surface area contributed by atoms with E-state index in [1.807, 2.05) is 6.07 Å². The average molecular weight is 489 g/mol. The molecule has 5 rings (SSSR count). The topological polar surface area (TPSA) is 138 Å². The van der Waals surface area contributed by atoms with Crippen LogP contribution >= 0.6 is 0 Å². The summed E-state index contributed by atoms with van der Waals surface area (Å²) in [6.45, 7) is -0.400. The number of amides is 1. The summed E-state index contributed by atoms with van der Waals surface area (Å²) in [4.78, 5) is 38.2. The Balaban J connectivity index is 1.42. The largest absolute Gasteiger partial charge is 0.453 e. The van der Waals surface area contributed by atoms with Crippen molar-refractivity contribution in [1.29, 1.82) is 0 Å². The van der Waals surface area contributed by atoms with Gasteiger partial charge in [0.15, 0.2) is 29.3 Å². The minimum Gasteiger partial charge on any atom is -0.453 e. The van der Waals surface area contributed by atoms with Crippen LogP contribution in [0.15, 0.2) is 73.3 Å². The number of aliphatic hydroxyl groups excluding tert-OH is 1. The molecule has 4 aromatic rings. The van der Waals surface area contributed by atoms with Crippen LogP contribution in [-0.4, -0.2) is 68.5 Å². The van der Waals surface area contributed by atoms with E-state index in [9.17, 15) is 14.7 Å². The third-order valence-electron chi connectivity index (χ3n) is 5.89. The van der Waals surface area contributed by atoms with Gasteiger partial charge in [-0.3, -0.25) is 9.36 Å². The third-order valence-corrected chi connectivity index (χ3v) is 5.89. The summed E-state index contributed by atoms with van der Waals surface area (Å²) in [5.41, 5.74) is 1.54. The van der Waals surface area contributed by atoms with Crippen LogP contribution in [0, 0.1) is 0 Å². The molecule has 1 aliphatic rings. The zero-order valence-electron chi connectivity index (χ0n) is 19.2. The van der Waals surface area contributed by atoms with Gasteiger partial charge in [0.1, 0.15) is 18.5 Å². The maximum absolute atomic E-state index is 12.7. The number of aliphatic hydroxyl groups is 1. The van der Waals surface area contributed by atoms with Crippen LogP contribution < -0.4 is 5.32 Å². The number of rotatable bonds is 7. The van der Waals surface area contributed by atoms with Gasteiger partial charge in [0.2, 0.25) is 0 Å². The Morgan fingerprint density at radius 1 is 1.00 bits per heavy atom. The van der Waals surface area contributed by atoms with Crippen molar-refractivity contribution < 1.29 is 28.9 Å². The molecule has 184 valence electrons. The molecule has 2 N–H and O–H groups in total. The van der Waals surface area contributed by atoms with Crippen LogP contribution in [0.25, 0.3) is 11.2 Å². The highest BCUT2D eigenvalue weighted by atomic mass is 16.6. The Morgan fingerprint density at radius 2 is 1.69 bits per heavy atom. The van der Waals surface area contributed by atoms with E-state index in [0.717, 1.165) is 0 Å². The van der Waals surface area contributed by atoms with Crippen molar-refractivity contribution in [3.05, 3.63) is 84.4 Å². The van der Waals surface area contributed by atoms with Crippen molar-refractivity contribution in [3.8, 4) is 0 Å². The normalized spacial score (nSPS) is 21.4. The Labute approximate surface area is 205 Å². The number of benzene rings is 2. The van der Waals surface area contributed by atoms with Crippen LogP contribution in [0.2, 0.25) is 0 Å². The number of nitrogens with zero attached hydrogens (tertiary/aromatic N) is 4. The van der Waals surface area contributed by atoms with Gasteiger partial charge in [-0.15, -0.1) is 0 Å². The van der Waals surface area contributed by atoms with Gasteiger partial charge in [0.05, 0.1) is 18.5 Å². The molecule has 36 heavy (non-hydrogen) atoms. The van der Waals surface area contributed by atoms with Crippen molar-refractivity contribution in [2.75, 3.05) is 19.0 Å². The van der Waals surface area contributed by atoms with Crippen LogP contribution in [0.1, 0.15) is 26.9 Å². The zero-order valence-corrected chi connectivity index (χ0v) is 19.2. The molecule has 0 saturated carbocycles. The van der Waals surface area contributed by atoms with Gasteiger partial charge in [0.25, 0.3) is 5.91 Å². The third kappa shape index (κ3) is 4.42. The summed E-state index contributed by atoms with van der Waals surface area (Å²) < 4.78 is 19.0. The van der Waals surface area contributed by atoms with E-state index in [1.54, 1.807) is 59.2 Å². The molecule has 0 unspecified atom stereocenters. The van der Waals surface area contributed by atoms with Gasteiger partial charge in [0, 0.05) is 12.7 Å². The number of aromatic nitrogens is 4. The number of carbonyl (C=O) groups excluding carboxylic acids is 2. The summed E-state index contributed by atoms with van der Waals surface area (Å²) >= 11 is 0. The fraction of sp³-hybridized carbons (Fsp3) is 0.240. The van der Waals surface area contributed by atoms with Crippen LogP contribution in [0.5, 0.6) is 0 Å². The van der Waals surface area contributed by atoms with E-state index in [2.05, 4.69) is 20.3 Å². The predicted molar refractivity (Wildman–Crippen MR) is 127 cm³/mol. The van der Waals surface area contributed by atoms with Gasteiger partial charge in [-0.1, -0.05) is 36.4 Å². The summed E-state index contributed by atoms with van der Waals surface area (Å²) in [5.74, 6) is -0.676. The van der Waals surface area contributed by atoms with Crippen molar-refractivity contribution in [3.63, 3.8) is 0 Å². The van der Waals surface area contributed by atoms with E-state index in [1.165, 1.54) is 19.8 Å². The number of imidazole rings is 1. The van der Waals surface area contributed by atoms with Gasteiger partial charge >= 0.3 is 5.97 Å². The molecule has 1 saturated heterocycles. The molecule has 2 aromatic heterocycles. The second kappa shape index (κ2) is 10.2. The van der Waals surface area contributed by atoms with Crippen molar-refractivity contribution in [2.24, 2.45) is 0 Å². The maximum atomic E-state index is 12.7. The molecule has 3 heterocycles. The number of anilines is 1. The lowest BCUT2D eigenvalue weighted by Gasteiger charge is -2.23. The first-order valence-electron chi connectivity index (χ1n) is 11.2. The molecule has 11 nitrogen and oxygen atoms in total. The number of nitrogens with one attached hydrogen (secondary N) is 1. The molecule has 0 radical (unpaired) electrons. The van der Waals surface area contributed by atoms with Crippen molar-refractivity contribution in [1.82, 2.24) is 19.5 Å². The molecule has 2 aromatic carbocycles. The quantitative estimate of drug-likeness (QED) is 0.374. The minimum absolute atomic E-state index is 0.227. The predicted octanol–water partition coefficient (Wildman–Crippen LogP) is 2.21. The smallest absolute Gasteiger partial charge is 0.338 e. The maximum Gasteiger partial charge on any atom is 0.338 e. The molecular weight excluding hydrogens is 466 g/mol. The second-order valence-electron chi connectivity index (χ2n) is 8.05. The number of ether oxygens (including phenoxy) is 3. The highest BCUT2D eigenvalue weighted by Crippen LogP contribution is 2.35. The zero-order chi connectivity index (χ0) is 25.1. The number of carbonyl (C=O) groups is 2. The summed E-state index contributed by atoms with van der Waals surface area (Å²) in [5, 5.41) is 12.7. The first-order valence-corrected chi connectivity index (χ1v) is 11.2. The molecule has 1 amide bonds. The first kappa shape index (κ1) is 23.5. The SMILES string of the molecule is CO[C@@H]1[C@H](OC(=O)c2ccccc2)[C@@H](CO)O[C@H]1n1cnc2c(NC(=O)c3ccccc3)ncnc21. The molecule has 4 atom stereocenters. The lowest BCUT2D eigenvalue weighted by molar-refractivity contribution is -0.0583. The standard InChI is InChI=1S/C25H23N5O6/c1-34-20-19(36-25(33)16-10-6-3-7-11-16)17(12-31)35-24(20)30-14-28-18-21(26-13-27-22(18)30)29-23(32)15-8-4-2-5-9-15/h2-11,13-14,17,19-20,24,31H,12H2,1H3,(H,26,27,29,32)/t17-,19-,20-,24-/m1/s1. The first-order chi connectivity index (χ1) is 17.6. The number of hydrogen-bond donors (Lipinski definition) is 2. The van der Waals surface area contributed by atoms with Crippen LogP contribution in [0.4, 0.5) is 5.82 Å². The lowest BCUT2D eigenvalue weighted by atomic mass is 10.1. The van der Waals surface area contributed by atoms with Gasteiger partial charge in [-0.25, -0.2) is 19.7 Å². The fourth-order valence-corrected chi connectivity index (χ4v) is 4.14. The van der Waals surface area contributed by atoms with E-state index in [4.69, 9.17) is 14.2 Å². The monoisotopic (exact) mass is 489 g/mol. The highest BCUT2D eigenvalue weighted by molar-refractivity contribution is 6.06. The molecule has 11 heteroatoms. The van der Waals surface area contributed by atoms with Gasteiger partial charge < -0.3 is 24.6 Å². The summed E-state index contributed by atoms with van der Waals surface area (Å²) in [6.07, 6.45) is -0.556. The molecular formula is C25H23N5O6. The summed E-state index contributed by atoms with van der Waals surface area (Å²) in [7, 11) is 1.46. The molecule has 0 aliphatic carbocycles. The second-order valence-corrected chi connectivity index (χ2v) is 8.05. The fourth-order valence-electron chi connectivity index (χ4n) is 4.14. The Bertz CT molecular complexity index is 1360.